The summed E-state index contributed by atoms with van der Waals surface area (Å²) in [6.45, 7) is 0.602. The molecular formula is C20H36BrClK2N4O7S2. The predicted octanol–water partition coefficient (Wildman–Crippen LogP) is -4.93. The van der Waals surface area contributed by atoms with E-state index in [1.54, 1.807) is 24.3 Å². The van der Waals surface area contributed by atoms with Gasteiger partial charge in [0.25, 0.3) is 6.47 Å². The molecule has 11 nitrogen and oxygen atoms in total. The van der Waals surface area contributed by atoms with Crippen LogP contribution in [-0.4, -0.2) is 56.4 Å². The minimum Gasteiger partial charge on any atom is -1.00 e. The van der Waals surface area contributed by atoms with Gasteiger partial charge in [-0.2, -0.15) is 0 Å². The molecule has 0 aliphatic heterocycles. The van der Waals surface area contributed by atoms with Crippen molar-refractivity contribution >= 4 is 54.9 Å². The Morgan fingerprint density at radius 3 is 1.38 bits per heavy atom. The van der Waals surface area contributed by atoms with Gasteiger partial charge in [-0.25, -0.2) is 27.1 Å². The fourth-order valence-electron chi connectivity index (χ4n) is 1.92. The number of hydrogen-bond donors (Lipinski definition) is 3. The van der Waals surface area contributed by atoms with Crippen LogP contribution in [0, 0.1) is 0 Å². The number of sulfonamides is 2. The van der Waals surface area contributed by atoms with E-state index < -0.39 is 20.0 Å². The Hall–Kier alpha value is 1.65. The molecule has 2 aromatic carbocycles. The van der Waals surface area contributed by atoms with Gasteiger partial charge < -0.3 is 21.8 Å². The van der Waals surface area contributed by atoms with Crippen molar-refractivity contribution in [1.29, 1.82) is 0 Å². The van der Waals surface area contributed by atoms with Crippen LogP contribution in [0.3, 0.4) is 0 Å². The van der Waals surface area contributed by atoms with Gasteiger partial charge in [-0.1, -0.05) is 47.6 Å². The fourth-order valence-corrected chi connectivity index (χ4v) is 3.32. The molecule has 0 atom stereocenters. The van der Waals surface area contributed by atoms with Crippen LogP contribution in [0.15, 0.2) is 58.3 Å². The van der Waals surface area contributed by atoms with Crippen molar-refractivity contribution in [3.8, 4) is 0 Å². The van der Waals surface area contributed by atoms with Crippen LogP contribution in [-0.2, 0) is 41.6 Å². The molecule has 0 aliphatic rings. The number of carbonyl (C=O) groups excluding carboxylic acids is 1. The number of halogens is 2. The summed E-state index contributed by atoms with van der Waals surface area (Å²) in [6, 6.07) is 13.0. The summed E-state index contributed by atoms with van der Waals surface area (Å²) >= 11 is 3.25. The number of primary sulfonamides is 2. The van der Waals surface area contributed by atoms with Crippen molar-refractivity contribution in [2.45, 2.75) is 29.1 Å². The van der Waals surface area contributed by atoms with Crippen molar-refractivity contribution in [1.82, 2.24) is 10.2 Å². The van der Waals surface area contributed by atoms with Crippen LogP contribution in [0.4, 0.5) is 0 Å². The fraction of sp³-hybridized carbons (Fsp3) is 0.350. The van der Waals surface area contributed by atoms with E-state index in [0.717, 1.165) is 17.7 Å². The average Bonchev–Trinajstić information content (AvgIpc) is 2.74. The Labute approximate surface area is 322 Å². The monoisotopic (exact) mass is 700 g/mol. The van der Waals surface area contributed by atoms with Crippen LogP contribution in [0.1, 0.15) is 20.0 Å². The summed E-state index contributed by atoms with van der Waals surface area (Å²) in [5, 5.41) is 21.8. The van der Waals surface area contributed by atoms with Crippen molar-refractivity contribution in [3.05, 3.63) is 59.7 Å². The van der Waals surface area contributed by atoms with E-state index in [4.69, 9.17) is 20.3 Å². The van der Waals surface area contributed by atoms with Gasteiger partial charge >= 0.3 is 103 Å². The number of alkyl halides is 1. The average molecular weight is 702 g/mol. The molecule has 17 heteroatoms. The van der Waals surface area contributed by atoms with Crippen molar-refractivity contribution < 1.29 is 136 Å². The van der Waals surface area contributed by atoms with Gasteiger partial charge in [-0.3, -0.25) is 4.79 Å². The molecule has 0 bridgehead atoms. The van der Waals surface area contributed by atoms with Gasteiger partial charge in [0.1, 0.15) is 0 Å². The SMILES string of the molecule is C.CN(C)Cc1ccc(S(N)(=O)=O)cc1.CNC.Cl.NS(=O)(=O)c1ccc(CBr)cc1.O=CO[O-].[H-].[K+].[K+]. The van der Waals surface area contributed by atoms with E-state index in [2.05, 4.69) is 26.1 Å². The van der Waals surface area contributed by atoms with Crippen molar-refractivity contribution in [2.75, 3.05) is 28.2 Å². The quantitative estimate of drug-likeness (QED) is 0.0873. The molecule has 0 fully saturated rings. The van der Waals surface area contributed by atoms with E-state index in [-0.39, 0.29) is 140 Å². The number of nitrogens with one attached hydrogen (secondary N) is 1. The number of carbonyl (C=O) groups is 1. The number of nitrogens with zero attached hydrogens (tertiary/aromatic N) is 1. The standard InChI is InChI=1S/C9H14N2O2S.C7H8BrNO2S.C2H7N.CH2O3.CH4.ClH.2K.H/c1-11(2)7-8-3-5-9(6-4-8)14(10,12)13;8-5-6-1-3-7(4-2-6)12(9,10)11;1-3-2;2-1-4-3;;;;;/h3-6H,7H2,1-2H3,(H2,10,12,13);1-4H,5H2,(H2,9,10,11);3H,1-2H3;1,3H;1H4;1H;;;/q;;;;;;2*+1;-1/p-1. The molecular weight excluding hydrogens is 666 g/mol. The molecule has 206 valence electrons. The third-order valence-corrected chi connectivity index (χ3v) is 5.70. The minimum atomic E-state index is -3.56. The molecule has 0 amide bonds. The first-order valence-corrected chi connectivity index (χ1v) is 13.2. The smallest absolute Gasteiger partial charge is 1.00 e. The Morgan fingerprint density at radius 2 is 1.19 bits per heavy atom. The van der Waals surface area contributed by atoms with E-state index >= 15 is 0 Å². The Bertz CT molecular complexity index is 1020. The third kappa shape index (κ3) is 29.0. The molecule has 2 rings (SSSR count). The number of benzene rings is 2. The normalized spacial score (nSPS) is 9.32. The van der Waals surface area contributed by atoms with Crippen LogP contribution >= 0.6 is 28.3 Å². The molecule has 5 N–H and O–H groups in total. The summed E-state index contributed by atoms with van der Waals surface area (Å²) < 4.78 is 43.5. The molecule has 0 radical (unpaired) electrons. The number of rotatable bonds is 6. The van der Waals surface area contributed by atoms with Gasteiger partial charge in [0.05, 0.1) is 9.79 Å². The van der Waals surface area contributed by atoms with Gasteiger partial charge in [0.2, 0.25) is 20.0 Å². The second kappa shape index (κ2) is 29.2. The molecule has 0 saturated carbocycles. The Kier molecular flexibility index (Phi) is 40.5. The minimum absolute atomic E-state index is 0. The molecule has 37 heavy (non-hydrogen) atoms. The van der Waals surface area contributed by atoms with Crippen LogP contribution in [0.5, 0.6) is 0 Å². The van der Waals surface area contributed by atoms with E-state index in [0.29, 0.717) is 5.33 Å². The van der Waals surface area contributed by atoms with Gasteiger partial charge in [-0.15, -0.1) is 12.4 Å². The first kappa shape index (κ1) is 51.4. The Morgan fingerprint density at radius 1 is 0.919 bits per heavy atom. The summed E-state index contributed by atoms with van der Waals surface area (Å²) in [7, 11) is 0.549. The largest absolute Gasteiger partial charge is 1.00 e. The second-order valence-electron chi connectivity index (χ2n) is 6.44. The summed E-state index contributed by atoms with van der Waals surface area (Å²) in [5.41, 5.74) is 2.07. The first-order chi connectivity index (χ1) is 15.3. The van der Waals surface area contributed by atoms with E-state index in [1.807, 2.05) is 33.1 Å². The summed E-state index contributed by atoms with van der Waals surface area (Å²) in [6.07, 6.45) is 0. The van der Waals surface area contributed by atoms with E-state index in [1.165, 1.54) is 24.3 Å². The zero-order chi connectivity index (χ0) is 26.1. The maximum absolute atomic E-state index is 10.9. The number of nitrogens with two attached hydrogens (primary N) is 2. The van der Waals surface area contributed by atoms with Crippen LogP contribution in [0.25, 0.3) is 0 Å². The van der Waals surface area contributed by atoms with Gasteiger partial charge in [-0.05, 0) is 63.6 Å². The van der Waals surface area contributed by atoms with E-state index in [9.17, 15) is 16.8 Å². The van der Waals surface area contributed by atoms with Crippen molar-refractivity contribution in [3.63, 3.8) is 0 Å². The van der Waals surface area contributed by atoms with Crippen LogP contribution < -0.4 is 124 Å². The Balaban J connectivity index is -0.0000000738. The third-order valence-electron chi connectivity index (χ3n) is 3.20. The first-order valence-electron chi connectivity index (χ1n) is 9.01. The molecule has 0 aliphatic carbocycles. The maximum atomic E-state index is 10.9. The molecule has 0 heterocycles. The zero-order valence-electron chi connectivity index (χ0n) is 22.2. The zero-order valence-corrected chi connectivity index (χ0v) is 31.5. The van der Waals surface area contributed by atoms with Crippen LogP contribution in [0.2, 0.25) is 0 Å². The summed E-state index contributed by atoms with van der Waals surface area (Å²) in [5.74, 6) is 0. The molecule has 0 aromatic heterocycles. The summed E-state index contributed by atoms with van der Waals surface area (Å²) in [4.78, 5) is 13.6. The maximum Gasteiger partial charge on any atom is 1.00 e. The van der Waals surface area contributed by atoms with Gasteiger partial charge in [0.15, 0.2) is 0 Å². The molecule has 2 aromatic rings. The predicted molar refractivity (Wildman–Crippen MR) is 143 cm³/mol. The molecule has 0 saturated heterocycles. The molecule has 0 spiro atoms. The van der Waals surface area contributed by atoms with Crippen molar-refractivity contribution in [2.24, 2.45) is 10.3 Å². The van der Waals surface area contributed by atoms with Gasteiger partial charge in [0, 0.05) is 11.9 Å². The topological polar surface area (TPSA) is 185 Å². The second-order valence-corrected chi connectivity index (χ2v) is 10.1. The number of hydrogen-bond acceptors (Lipinski definition) is 9. The molecule has 0 unspecified atom stereocenters.